The van der Waals surface area contributed by atoms with E-state index in [0.29, 0.717) is 0 Å². The number of nitrogens with one attached hydrogen (secondary N) is 1. The van der Waals surface area contributed by atoms with E-state index in [4.69, 9.17) is 0 Å². The smallest absolute Gasteiger partial charge is 0.0547 e. The number of aromatic nitrogens is 1. The van der Waals surface area contributed by atoms with Gasteiger partial charge >= 0.3 is 0 Å². The lowest BCUT2D eigenvalue weighted by molar-refractivity contribution is 0.0783. The Balaban J connectivity index is 1.90. The average molecular weight is 233 g/mol. The summed E-state index contributed by atoms with van der Waals surface area (Å²) in [5, 5.41) is 3.29. The monoisotopic (exact) mass is 233 g/mol. The fraction of sp³-hybridized carbons (Fsp3) is 0.643. The molecule has 3 nitrogen and oxygen atoms in total. The Morgan fingerprint density at radius 3 is 2.82 bits per heavy atom. The van der Waals surface area contributed by atoms with Crippen LogP contribution in [0.25, 0.3) is 0 Å². The molecular formula is C14H23N3. The molecule has 2 atom stereocenters. The summed E-state index contributed by atoms with van der Waals surface area (Å²) in [6.07, 6.45) is 2.69. The molecule has 3 heteroatoms. The van der Waals surface area contributed by atoms with E-state index in [1.807, 2.05) is 7.05 Å². The Morgan fingerprint density at radius 1 is 1.41 bits per heavy atom. The average Bonchev–Trinajstić information content (AvgIpc) is 2.24. The van der Waals surface area contributed by atoms with Crippen molar-refractivity contribution in [3.8, 4) is 0 Å². The van der Waals surface area contributed by atoms with Gasteiger partial charge in [0.2, 0.25) is 0 Å². The lowest BCUT2D eigenvalue weighted by Gasteiger charge is -2.42. The van der Waals surface area contributed by atoms with Crippen molar-refractivity contribution in [1.82, 2.24) is 15.2 Å². The van der Waals surface area contributed by atoms with Crippen LogP contribution in [0.3, 0.4) is 0 Å². The number of pyridine rings is 1. The molecule has 0 aromatic carbocycles. The highest BCUT2D eigenvalue weighted by atomic mass is 15.2. The van der Waals surface area contributed by atoms with Gasteiger partial charge in [-0.05, 0) is 58.5 Å². The zero-order valence-electron chi connectivity index (χ0n) is 11.1. The minimum Gasteiger partial charge on any atom is -0.319 e. The quantitative estimate of drug-likeness (QED) is 0.841. The Morgan fingerprint density at radius 2 is 2.24 bits per heavy atom. The van der Waals surface area contributed by atoms with Crippen LogP contribution < -0.4 is 5.32 Å². The lowest BCUT2D eigenvalue weighted by atomic mass is 9.78. The Bertz CT molecular complexity index is 364. The molecule has 1 heterocycles. The van der Waals surface area contributed by atoms with Crippen LogP contribution in [0.2, 0.25) is 0 Å². The second-order valence-corrected chi connectivity index (χ2v) is 5.15. The molecule has 94 valence electrons. The normalized spacial score (nSPS) is 23.8. The summed E-state index contributed by atoms with van der Waals surface area (Å²) >= 11 is 0. The van der Waals surface area contributed by atoms with Crippen LogP contribution in [-0.4, -0.2) is 36.6 Å². The number of hydrogen-bond acceptors (Lipinski definition) is 3. The van der Waals surface area contributed by atoms with Crippen molar-refractivity contribution in [3.63, 3.8) is 0 Å². The third-order valence-corrected chi connectivity index (χ3v) is 3.77. The molecule has 1 aliphatic carbocycles. The van der Waals surface area contributed by atoms with Crippen molar-refractivity contribution in [3.05, 3.63) is 29.6 Å². The van der Waals surface area contributed by atoms with Gasteiger partial charge in [0.15, 0.2) is 0 Å². The first-order valence-electron chi connectivity index (χ1n) is 6.48. The maximum Gasteiger partial charge on any atom is 0.0547 e. The van der Waals surface area contributed by atoms with Crippen LogP contribution in [0.4, 0.5) is 0 Å². The van der Waals surface area contributed by atoms with E-state index >= 15 is 0 Å². The molecule has 0 bridgehead atoms. The minimum atomic E-state index is 0.727. The Kier molecular flexibility index (Phi) is 4.13. The number of nitrogens with zero attached hydrogens (tertiary/aromatic N) is 2. The van der Waals surface area contributed by atoms with Gasteiger partial charge in [-0.25, -0.2) is 0 Å². The van der Waals surface area contributed by atoms with Gasteiger partial charge in [-0.1, -0.05) is 6.07 Å². The molecule has 2 unspecified atom stereocenters. The first-order chi connectivity index (χ1) is 8.20. The number of rotatable bonds is 5. The maximum atomic E-state index is 4.57. The second kappa shape index (κ2) is 5.61. The van der Waals surface area contributed by atoms with Crippen molar-refractivity contribution in [2.75, 3.05) is 20.6 Å². The van der Waals surface area contributed by atoms with Crippen LogP contribution >= 0.6 is 0 Å². The van der Waals surface area contributed by atoms with Gasteiger partial charge in [-0.3, -0.25) is 9.88 Å². The van der Waals surface area contributed by atoms with Crippen LogP contribution in [0, 0.1) is 12.8 Å². The van der Waals surface area contributed by atoms with E-state index in [-0.39, 0.29) is 0 Å². The molecule has 1 saturated carbocycles. The highest BCUT2D eigenvalue weighted by molar-refractivity contribution is 5.10. The fourth-order valence-corrected chi connectivity index (χ4v) is 2.69. The highest BCUT2D eigenvalue weighted by Crippen LogP contribution is 2.31. The van der Waals surface area contributed by atoms with Crippen LogP contribution in [0.1, 0.15) is 24.2 Å². The Hall–Kier alpha value is -0.930. The van der Waals surface area contributed by atoms with Crippen LogP contribution in [0.15, 0.2) is 18.2 Å². The van der Waals surface area contributed by atoms with Crippen molar-refractivity contribution < 1.29 is 0 Å². The standard InChI is InChI=1S/C14H23N3/c1-11-5-4-6-13(16-11)10-17(3)14-8-7-12(14)9-15-2/h4-6,12,14-15H,7-10H2,1-3H3. The van der Waals surface area contributed by atoms with Crippen molar-refractivity contribution in [1.29, 1.82) is 0 Å². The zero-order chi connectivity index (χ0) is 12.3. The van der Waals surface area contributed by atoms with Gasteiger partial charge in [0.25, 0.3) is 0 Å². The summed E-state index contributed by atoms with van der Waals surface area (Å²) in [7, 11) is 4.26. The molecule has 0 spiro atoms. The SMILES string of the molecule is CNCC1CCC1N(C)Cc1cccc(C)n1. The van der Waals surface area contributed by atoms with Crippen molar-refractivity contribution >= 4 is 0 Å². The molecule has 0 aliphatic heterocycles. The van der Waals surface area contributed by atoms with Crippen molar-refractivity contribution in [2.45, 2.75) is 32.4 Å². The molecule has 1 fully saturated rings. The molecule has 1 aromatic heterocycles. The van der Waals surface area contributed by atoms with Gasteiger partial charge in [0, 0.05) is 18.3 Å². The summed E-state index contributed by atoms with van der Waals surface area (Å²) in [6.45, 7) is 4.15. The third-order valence-electron chi connectivity index (χ3n) is 3.77. The predicted molar refractivity (Wildman–Crippen MR) is 70.9 cm³/mol. The molecule has 0 radical (unpaired) electrons. The van der Waals surface area contributed by atoms with Gasteiger partial charge < -0.3 is 5.32 Å². The van der Waals surface area contributed by atoms with Crippen LogP contribution in [0.5, 0.6) is 0 Å². The highest BCUT2D eigenvalue weighted by Gasteiger charge is 2.33. The molecule has 1 aliphatic rings. The summed E-state index contributed by atoms with van der Waals surface area (Å²) in [4.78, 5) is 7.02. The van der Waals surface area contributed by atoms with E-state index in [9.17, 15) is 0 Å². The summed E-state index contributed by atoms with van der Waals surface area (Å²) in [5.74, 6) is 0.815. The van der Waals surface area contributed by atoms with Crippen LogP contribution in [-0.2, 0) is 6.54 Å². The van der Waals surface area contributed by atoms with Gasteiger partial charge in [0.1, 0.15) is 0 Å². The summed E-state index contributed by atoms with van der Waals surface area (Å²) in [5.41, 5.74) is 2.29. The van der Waals surface area contributed by atoms with E-state index < -0.39 is 0 Å². The fourth-order valence-electron chi connectivity index (χ4n) is 2.69. The topological polar surface area (TPSA) is 28.2 Å². The zero-order valence-corrected chi connectivity index (χ0v) is 11.1. The van der Waals surface area contributed by atoms with E-state index in [1.54, 1.807) is 0 Å². The number of aryl methyl sites for hydroxylation is 1. The van der Waals surface area contributed by atoms with E-state index in [1.165, 1.54) is 18.5 Å². The van der Waals surface area contributed by atoms with Gasteiger partial charge in [-0.15, -0.1) is 0 Å². The molecular weight excluding hydrogens is 210 g/mol. The molecule has 17 heavy (non-hydrogen) atoms. The van der Waals surface area contributed by atoms with E-state index in [0.717, 1.165) is 30.7 Å². The molecule has 1 N–H and O–H groups in total. The van der Waals surface area contributed by atoms with Crippen molar-refractivity contribution in [2.24, 2.45) is 5.92 Å². The van der Waals surface area contributed by atoms with Gasteiger partial charge in [-0.2, -0.15) is 0 Å². The largest absolute Gasteiger partial charge is 0.319 e. The second-order valence-electron chi connectivity index (χ2n) is 5.15. The molecule has 1 aromatic rings. The third kappa shape index (κ3) is 3.05. The van der Waals surface area contributed by atoms with E-state index in [2.05, 4.69) is 47.4 Å². The molecule has 0 amide bonds. The summed E-state index contributed by atoms with van der Waals surface area (Å²) in [6, 6.07) is 6.99. The molecule has 0 saturated heterocycles. The minimum absolute atomic E-state index is 0.727. The molecule has 2 rings (SSSR count). The maximum absolute atomic E-state index is 4.57. The first kappa shape index (κ1) is 12.5. The Labute approximate surface area is 104 Å². The number of hydrogen-bond donors (Lipinski definition) is 1. The lowest BCUT2D eigenvalue weighted by Crippen LogP contribution is -2.48. The predicted octanol–water partition coefficient (Wildman–Crippen LogP) is 1.82. The summed E-state index contributed by atoms with van der Waals surface area (Å²) < 4.78 is 0. The first-order valence-corrected chi connectivity index (χ1v) is 6.48. The van der Waals surface area contributed by atoms with Gasteiger partial charge in [0.05, 0.1) is 5.69 Å².